The van der Waals surface area contributed by atoms with Crippen LogP contribution in [0, 0.1) is 12.3 Å². The molecule has 3 saturated heterocycles. The van der Waals surface area contributed by atoms with E-state index in [1.54, 1.807) is 16.5 Å². The van der Waals surface area contributed by atoms with Crippen molar-refractivity contribution in [2.45, 2.75) is 65.5 Å². The maximum absolute atomic E-state index is 13.2. The van der Waals surface area contributed by atoms with Gasteiger partial charge in [-0.3, -0.25) is 24.1 Å². The summed E-state index contributed by atoms with van der Waals surface area (Å²) in [5, 5.41) is 8.07. The molecule has 1 aromatic rings. The first kappa shape index (κ1) is 21.5. The van der Waals surface area contributed by atoms with Crippen LogP contribution in [-0.4, -0.2) is 85.5 Å². The van der Waals surface area contributed by atoms with Gasteiger partial charge in [-0.25, -0.2) is 4.68 Å². The Morgan fingerprint density at radius 1 is 1.03 bits per heavy atom. The lowest BCUT2D eigenvalue weighted by Crippen LogP contribution is -2.50. The number of rotatable bonds is 5. The van der Waals surface area contributed by atoms with Crippen LogP contribution in [0.15, 0.2) is 0 Å². The Kier molecular flexibility index (Phi) is 5.57. The number of carbonyl (C=O) groups excluding carboxylic acids is 4. The molecule has 0 N–H and O–H groups in total. The van der Waals surface area contributed by atoms with E-state index in [-0.39, 0.29) is 41.9 Å². The lowest BCUT2D eigenvalue weighted by molar-refractivity contribution is -0.150. The van der Waals surface area contributed by atoms with Crippen LogP contribution in [-0.2, 0) is 20.9 Å². The van der Waals surface area contributed by atoms with Crippen LogP contribution in [0.25, 0.3) is 0 Å². The molecule has 4 heterocycles. The number of likely N-dealkylation sites (tertiary alicyclic amines) is 3. The van der Waals surface area contributed by atoms with E-state index < -0.39 is 6.04 Å². The second-order valence-electron chi connectivity index (χ2n) is 8.91. The zero-order valence-electron chi connectivity index (χ0n) is 18.5. The monoisotopic (exact) mass is 430 g/mol. The average Bonchev–Trinajstić information content (AvgIpc) is 3.53. The molecule has 0 aromatic carbocycles. The number of aryl methyl sites for hydroxylation is 2. The first-order chi connectivity index (χ1) is 14.8. The summed E-state index contributed by atoms with van der Waals surface area (Å²) >= 11 is 0. The van der Waals surface area contributed by atoms with Gasteiger partial charge >= 0.3 is 0 Å². The summed E-state index contributed by atoms with van der Waals surface area (Å²) in [4.78, 5) is 55.4. The van der Waals surface area contributed by atoms with Crippen molar-refractivity contribution in [1.29, 1.82) is 0 Å². The van der Waals surface area contributed by atoms with Crippen LogP contribution >= 0.6 is 0 Å². The van der Waals surface area contributed by atoms with Gasteiger partial charge in [0.1, 0.15) is 11.7 Å². The Morgan fingerprint density at radius 3 is 2.26 bits per heavy atom. The van der Waals surface area contributed by atoms with Gasteiger partial charge in [0, 0.05) is 51.0 Å². The Labute approximate surface area is 181 Å². The molecule has 3 fully saturated rings. The Balaban J connectivity index is 1.44. The summed E-state index contributed by atoms with van der Waals surface area (Å²) in [5.41, 5.74) is 1.02. The third kappa shape index (κ3) is 3.61. The van der Waals surface area contributed by atoms with Gasteiger partial charge in [0.15, 0.2) is 0 Å². The van der Waals surface area contributed by atoms with E-state index in [4.69, 9.17) is 0 Å². The zero-order valence-corrected chi connectivity index (χ0v) is 18.5. The summed E-state index contributed by atoms with van der Waals surface area (Å²) < 4.78 is 1.63. The van der Waals surface area contributed by atoms with Crippen molar-refractivity contribution in [3.63, 3.8) is 0 Å². The molecule has 4 rings (SSSR count). The number of nitrogens with zero attached hydrogens (tertiary/aromatic N) is 6. The van der Waals surface area contributed by atoms with Gasteiger partial charge < -0.3 is 9.80 Å². The smallest absolute Gasteiger partial charge is 0.274 e. The van der Waals surface area contributed by atoms with E-state index in [1.165, 1.54) is 4.90 Å². The molecule has 1 aromatic heterocycles. The SMILES string of the molecule is CCC(C(=O)N1CCC2(CCN(C(=O)c3c(C)nnn3CC)C2)C1)N1C(=O)CCC1=O. The highest BCUT2D eigenvalue weighted by Gasteiger charge is 2.48. The molecule has 10 heteroatoms. The molecule has 1 spiro atoms. The molecule has 2 unspecified atom stereocenters. The molecular formula is C21H30N6O4. The predicted molar refractivity (Wildman–Crippen MR) is 110 cm³/mol. The number of hydrogen-bond acceptors (Lipinski definition) is 6. The van der Waals surface area contributed by atoms with E-state index in [0.29, 0.717) is 50.5 Å². The molecule has 0 radical (unpaired) electrons. The van der Waals surface area contributed by atoms with Gasteiger partial charge in [-0.2, -0.15) is 0 Å². The average molecular weight is 431 g/mol. The fraction of sp³-hybridized carbons (Fsp3) is 0.714. The molecule has 4 amide bonds. The zero-order chi connectivity index (χ0) is 22.3. The maximum atomic E-state index is 13.2. The third-order valence-electron chi connectivity index (χ3n) is 6.95. The lowest BCUT2D eigenvalue weighted by atomic mass is 9.86. The Hall–Kier alpha value is -2.78. The molecule has 3 aliphatic heterocycles. The quantitative estimate of drug-likeness (QED) is 0.633. The molecule has 0 aliphatic carbocycles. The first-order valence-corrected chi connectivity index (χ1v) is 11.1. The minimum absolute atomic E-state index is 0.0642. The molecule has 0 bridgehead atoms. The van der Waals surface area contributed by atoms with Gasteiger partial charge in [-0.15, -0.1) is 5.10 Å². The third-order valence-corrected chi connectivity index (χ3v) is 6.95. The van der Waals surface area contributed by atoms with Gasteiger partial charge in [0.05, 0.1) is 5.69 Å². The minimum Gasteiger partial charge on any atom is -0.340 e. The Morgan fingerprint density at radius 2 is 1.65 bits per heavy atom. The van der Waals surface area contributed by atoms with E-state index >= 15 is 0 Å². The highest BCUT2D eigenvalue weighted by Crippen LogP contribution is 2.40. The summed E-state index contributed by atoms with van der Waals surface area (Å²) in [5.74, 6) is -0.732. The fourth-order valence-electron chi connectivity index (χ4n) is 5.22. The maximum Gasteiger partial charge on any atom is 0.274 e. The number of hydrogen-bond donors (Lipinski definition) is 0. The summed E-state index contributed by atoms with van der Waals surface area (Å²) in [7, 11) is 0. The van der Waals surface area contributed by atoms with Crippen molar-refractivity contribution in [2.24, 2.45) is 5.41 Å². The summed E-state index contributed by atoms with van der Waals surface area (Å²) in [6.45, 7) is 8.48. The molecule has 3 aliphatic rings. The van der Waals surface area contributed by atoms with Crippen LogP contribution in [0.3, 0.4) is 0 Å². The van der Waals surface area contributed by atoms with Crippen LogP contribution in [0.1, 0.15) is 62.1 Å². The molecule has 0 saturated carbocycles. The van der Waals surface area contributed by atoms with Crippen molar-refractivity contribution in [2.75, 3.05) is 26.2 Å². The van der Waals surface area contributed by atoms with Gasteiger partial charge in [-0.1, -0.05) is 12.1 Å². The largest absolute Gasteiger partial charge is 0.340 e. The number of carbonyl (C=O) groups is 4. The van der Waals surface area contributed by atoms with Crippen LogP contribution in [0.4, 0.5) is 0 Å². The second kappa shape index (κ2) is 8.05. The van der Waals surface area contributed by atoms with Gasteiger partial charge in [-0.05, 0) is 33.1 Å². The van der Waals surface area contributed by atoms with Crippen LogP contribution in [0.2, 0.25) is 0 Å². The molecule has 2 atom stereocenters. The normalized spacial score (nSPS) is 24.7. The van der Waals surface area contributed by atoms with Crippen LogP contribution in [0.5, 0.6) is 0 Å². The number of amides is 4. The second-order valence-corrected chi connectivity index (χ2v) is 8.91. The van der Waals surface area contributed by atoms with Gasteiger partial charge in [0.2, 0.25) is 17.7 Å². The molecule has 31 heavy (non-hydrogen) atoms. The van der Waals surface area contributed by atoms with Crippen molar-refractivity contribution < 1.29 is 19.2 Å². The fourth-order valence-corrected chi connectivity index (χ4v) is 5.22. The highest BCUT2D eigenvalue weighted by atomic mass is 16.2. The van der Waals surface area contributed by atoms with Crippen molar-refractivity contribution in [3.05, 3.63) is 11.4 Å². The van der Waals surface area contributed by atoms with E-state index in [2.05, 4.69) is 10.3 Å². The highest BCUT2D eigenvalue weighted by molar-refractivity contribution is 6.05. The molecular weight excluding hydrogens is 400 g/mol. The topological polar surface area (TPSA) is 109 Å². The molecule has 10 nitrogen and oxygen atoms in total. The first-order valence-electron chi connectivity index (χ1n) is 11.1. The van der Waals surface area contributed by atoms with E-state index in [9.17, 15) is 19.2 Å². The van der Waals surface area contributed by atoms with E-state index in [1.807, 2.05) is 18.7 Å². The van der Waals surface area contributed by atoms with E-state index in [0.717, 1.165) is 12.8 Å². The molecule has 168 valence electrons. The lowest BCUT2D eigenvalue weighted by Gasteiger charge is -2.30. The Bertz CT molecular complexity index is 911. The van der Waals surface area contributed by atoms with Crippen molar-refractivity contribution >= 4 is 23.6 Å². The van der Waals surface area contributed by atoms with Gasteiger partial charge in [0.25, 0.3) is 5.91 Å². The van der Waals surface area contributed by atoms with Crippen molar-refractivity contribution in [1.82, 2.24) is 29.7 Å². The minimum atomic E-state index is -0.718. The standard InChI is InChI=1S/C21H30N6O4/c1-4-15(27-16(28)6-7-17(27)29)19(30)24-10-8-21(12-24)9-11-25(13-21)20(31)18-14(3)22-23-26(18)5-2/h15H,4-13H2,1-3H3. The summed E-state index contributed by atoms with van der Waals surface area (Å²) in [6, 6.07) is -0.718. The predicted octanol–water partition coefficient (Wildman–Crippen LogP) is 0.599. The number of aromatic nitrogens is 3. The van der Waals surface area contributed by atoms with Crippen LogP contribution < -0.4 is 0 Å². The number of imide groups is 1. The van der Waals surface area contributed by atoms with Crippen molar-refractivity contribution in [3.8, 4) is 0 Å². The summed E-state index contributed by atoms with van der Waals surface area (Å²) in [6.07, 6.45) is 2.43.